The van der Waals surface area contributed by atoms with Crippen molar-refractivity contribution in [1.29, 1.82) is 0 Å². The van der Waals surface area contributed by atoms with Crippen molar-refractivity contribution in [2.45, 2.75) is 6.42 Å². The number of phenolic OH excluding ortho intramolecular Hbond substituents is 1. The fourth-order valence-electron chi connectivity index (χ4n) is 1.24. The van der Waals surface area contributed by atoms with Gasteiger partial charge in [-0.05, 0) is 6.07 Å². The van der Waals surface area contributed by atoms with Gasteiger partial charge in [0.1, 0.15) is 11.3 Å². The number of aliphatic carboxylic acids is 1. The Bertz CT molecular complexity index is 497. The summed E-state index contributed by atoms with van der Waals surface area (Å²) in [6, 6.07) is 3.06. The molecule has 1 aromatic heterocycles. The average Bonchev–Trinajstić information content (AvgIpc) is 2.57. The van der Waals surface area contributed by atoms with Gasteiger partial charge in [-0.25, -0.2) is 0 Å². The Kier molecular flexibility index (Phi) is 3.46. The van der Waals surface area contributed by atoms with Gasteiger partial charge in [-0.2, -0.15) is 15.4 Å². The van der Waals surface area contributed by atoms with Gasteiger partial charge in [0.15, 0.2) is 5.52 Å². The molecular formula is C8H6AgN3O3. The van der Waals surface area contributed by atoms with Crippen LogP contribution >= 0.6 is 0 Å². The normalized spacial score (nSPS) is 9.87. The number of aromatic hydroxyl groups is 1. The molecule has 2 aromatic rings. The molecule has 0 radical (unpaired) electrons. The van der Waals surface area contributed by atoms with Crippen LogP contribution in [-0.4, -0.2) is 26.5 Å². The van der Waals surface area contributed by atoms with E-state index in [4.69, 9.17) is 0 Å². The van der Waals surface area contributed by atoms with E-state index in [9.17, 15) is 15.0 Å². The van der Waals surface area contributed by atoms with Crippen molar-refractivity contribution < 1.29 is 37.4 Å². The molecule has 6 nitrogen and oxygen atoms in total. The van der Waals surface area contributed by atoms with Crippen LogP contribution in [0.25, 0.3) is 11.0 Å². The third-order valence-corrected chi connectivity index (χ3v) is 1.88. The smallest absolute Gasteiger partial charge is 0.550 e. The molecule has 0 spiro atoms. The Labute approximate surface area is 99.8 Å². The maximum absolute atomic E-state index is 10.3. The number of aromatic amines is 1. The van der Waals surface area contributed by atoms with Crippen LogP contribution in [0.1, 0.15) is 5.56 Å². The van der Waals surface area contributed by atoms with Crippen LogP contribution in [0.5, 0.6) is 5.75 Å². The van der Waals surface area contributed by atoms with Gasteiger partial charge in [0.05, 0.1) is 0 Å². The van der Waals surface area contributed by atoms with Crippen LogP contribution in [0.4, 0.5) is 0 Å². The van der Waals surface area contributed by atoms with E-state index in [1.807, 2.05) is 0 Å². The van der Waals surface area contributed by atoms with Crippen LogP contribution in [0, 0.1) is 0 Å². The van der Waals surface area contributed by atoms with Crippen LogP contribution in [-0.2, 0) is 33.6 Å². The number of rotatable bonds is 2. The van der Waals surface area contributed by atoms with Crippen LogP contribution in [0.2, 0.25) is 0 Å². The molecule has 0 saturated carbocycles. The average molecular weight is 300 g/mol. The minimum absolute atomic E-state index is 0. The van der Waals surface area contributed by atoms with E-state index >= 15 is 0 Å². The fraction of sp³-hybridized carbons (Fsp3) is 0.125. The zero-order valence-electron chi connectivity index (χ0n) is 7.32. The van der Waals surface area contributed by atoms with Gasteiger partial charge in [0, 0.05) is 18.0 Å². The van der Waals surface area contributed by atoms with E-state index in [0.29, 0.717) is 5.52 Å². The third-order valence-electron chi connectivity index (χ3n) is 1.88. The van der Waals surface area contributed by atoms with Crippen LogP contribution in [0.3, 0.4) is 0 Å². The van der Waals surface area contributed by atoms with Gasteiger partial charge < -0.3 is 15.0 Å². The number of H-pyrrole nitrogens is 1. The second kappa shape index (κ2) is 4.43. The Balaban J connectivity index is 0.00000112. The van der Waals surface area contributed by atoms with E-state index in [0.717, 1.165) is 0 Å². The number of carboxylic acid groups (broad SMARTS) is 1. The molecule has 1 heterocycles. The molecule has 2 rings (SSSR count). The van der Waals surface area contributed by atoms with E-state index in [-0.39, 0.29) is 45.6 Å². The van der Waals surface area contributed by atoms with Gasteiger partial charge in [0.25, 0.3) is 0 Å². The number of carbonyl (C=O) groups excluding carboxylic acids is 1. The summed E-state index contributed by atoms with van der Waals surface area (Å²) < 4.78 is 0. The molecule has 0 amide bonds. The molecule has 0 unspecified atom stereocenters. The standard InChI is InChI=1S/C8H7N3O3.Ag/c12-6(13)3-4-1-2-5-7(8(4)14)10-11-9-5;/h1-2,14H,3H2,(H,12,13)(H,9,10,11);/q;+1/p-1. The molecular weight excluding hydrogens is 294 g/mol. The molecule has 0 fully saturated rings. The molecule has 0 aliphatic heterocycles. The first-order chi connectivity index (χ1) is 6.68. The fourth-order valence-corrected chi connectivity index (χ4v) is 1.24. The van der Waals surface area contributed by atoms with Gasteiger partial charge in [-0.15, -0.1) is 0 Å². The monoisotopic (exact) mass is 299 g/mol. The van der Waals surface area contributed by atoms with E-state index in [2.05, 4.69) is 15.4 Å². The molecule has 0 saturated heterocycles. The number of hydrogen-bond acceptors (Lipinski definition) is 5. The van der Waals surface area contributed by atoms with E-state index in [1.54, 1.807) is 6.07 Å². The molecule has 7 heteroatoms. The maximum Gasteiger partial charge on any atom is 1.00 e. The molecule has 15 heavy (non-hydrogen) atoms. The van der Waals surface area contributed by atoms with Gasteiger partial charge in [0.2, 0.25) is 0 Å². The van der Waals surface area contributed by atoms with Crippen molar-refractivity contribution in [3.63, 3.8) is 0 Å². The van der Waals surface area contributed by atoms with Gasteiger partial charge >= 0.3 is 22.4 Å². The zero-order valence-corrected chi connectivity index (χ0v) is 8.80. The van der Waals surface area contributed by atoms with Crippen molar-refractivity contribution in [3.05, 3.63) is 17.7 Å². The van der Waals surface area contributed by atoms with Crippen molar-refractivity contribution in [3.8, 4) is 5.75 Å². The van der Waals surface area contributed by atoms with Crippen molar-refractivity contribution >= 4 is 17.0 Å². The summed E-state index contributed by atoms with van der Waals surface area (Å²) in [6.07, 6.45) is -0.339. The number of carbonyl (C=O) groups is 1. The van der Waals surface area contributed by atoms with Crippen molar-refractivity contribution in [2.75, 3.05) is 0 Å². The first-order valence-corrected chi connectivity index (χ1v) is 3.89. The van der Waals surface area contributed by atoms with Gasteiger partial charge in [-0.1, -0.05) is 6.07 Å². The second-order valence-corrected chi connectivity index (χ2v) is 2.81. The number of fused-ring (bicyclic) bond motifs is 1. The topological polar surface area (TPSA) is 102 Å². The third kappa shape index (κ3) is 2.17. The number of aromatic nitrogens is 3. The number of nitrogens with one attached hydrogen (secondary N) is 1. The molecule has 0 atom stereocenters. The summed E-state index contributed by atoms with van der Waals surface area (Å²) in [6.45, 7) is 0. The van der Waals surface area contributed by atoms with E-state index in [1.165, 1.54) is 6.07 Å². The zero-order chi connectivity index (χ0) is 10.1. The van der Waals surface area contributed by atoms with Crippen LogP contribution in [0.15, 0.2) is 12.1 Å². The number of phenols is 1. The Morgan fingerprint density at radius 2 is 2.20 bits per heavy atom. The Morgan fingerprint density at radius 1 is 1.47 bits per heavy atom. The molecule has 1 aromatic carbocycles. The van der Waals surface area contributed by atoms with Crippen molar-refractivity contribution in [1.82, 2.24) is 15.4 Å². The van der Waals surface area contributed by atoms with Crippen molar-refractivity contribution in [2.24, 2.45) is 0 Å². The van der Waals surface area contributed by atoms with E-state index < -0.39 is 5.97 Å². The minimum Gasteiger partial charge on any atom is -0.550 e. The largest absolute Gasteiger partial charge is 1.00 e. The SMILES string of the molecule is O=C([O-])Cc1ccc2n[nH]nc2c1O.[Ag+]. The first kappa shape index (κ1) is 11.7. The van der Waals surface area contributed by atoms with Gasteiger partial charge in [-0.3, -0.25) is 0 Å². The first-order valence-electron chi connectivity index (χ1n) is 3.89. The quantitative estimate of drug-likeness (QED) is 0.689. The van der Waals surface area contributed by atoms with Crippen LogP contribution < -0.4 is 5.11 Å². The number of benzene rings is 1. The molecule has 0 aliphatic rings. The summed E-state index contributed by atoms with van der Waals surface area (Å²) in [5.41, 5.74) is 1.03. The number of hydrogen-bond donors (Lipinski definition) is 2. The summed E-state index contributed by atoms with van der Waals surface area (Å²) in [4.78, 5) is 10.3. The summed E-state index contributed by atoms with van der Waals surface area (Å²) in [7, 11) is 0. The molecule has 2 N–H and O–H groups in total. The predicted octanol–water partition coefficient (Wildman–Crippen LogP) is -1.05. The summed E-state index contributed by atoms with van der Waals surface area (Å²) in [5, 5.41) is 29.7. The summed E-state index contributed by atoms with van der Waals surface area (Å²) in [5.74, 6) is -1.41. The minimum atomic E-state index is -1.25. The summed E-state index contributed by atoms with van der Waals surface area (Å²) >= 11 is 0. The molecule has 82 valence electrons. The number of nitrogens with zero attached hydrogens (tertiary/aromatic N) is 2. The second-order valence-electron chi connectivity index (χ2n) is 2.81. The maximum atomic E-state index is 10.3. The Morgan fingerprint density at radius 3 is 2.87 bits per heavy atom. The molecule has 0 bridgehead atoms. The number of carboxylic acids is 1. The predicted molar refractivity (Wildman–Crippen MR) is 44.3 cm³/mol. The Hall–Kier alpha value is -1.37. The molecule has 0 aliphatic carbocycles.